The number of aromatic nitrogens is 2. The highest BCUT2D eigenvalue weighted by molar-refractivity contribution is 5.68. The number of hydrogen-bond acceptors (Lipinski definition) is 7. The highest BCUT2D eigenvalue weighted by Gasteiger charge is 2.25. The summed E-state index contributed by atoms with van der Waals surface area (Å²) in [5, 5.41) is 9.12. The van der Waals surface area contributed by atoms with Crippen LogP contribution in [0.3, 0.4) is 0 Å². The maximum Gasteiger partial charge on any atom is 0.303 e. The number of carboxylic acids is 1. The summed E-state index contributed by atoms with van der Waals surface area (Å²) in [6.07, 6.45) is 4.70. The van der Waals surface area contributed by atoms with Crippen LogP contribution >= 0.6 is 0 Å². The van der Waals surface area contributed by atoms with Crippen LogP contribution in [0.2, 0.25) is 0 Å². The first-order valence-corrected chi connectivity index (χ1v) is 12.5. The van der Waals surface area contributed by atoms with Crippen LogP contribution in [0, 0.1) is 6.92 Å². The number of carbonyl (C=O) groups is 1. The average molecular weight is 490 g/mol. The fourth-order valence-corrected chi connectivity index (χ4v) is 4.98. The lowest BCUT2D eigenvalue weighted by atomic mass is 9.98. The van der Waals surface area contributed by atoms with E-state index in [1.54, 1.807) is 0 Å². The Morgan fingerprint density at radius 2 is 2.06 bits per heavy atom. The average Bonchev–Trinajstić information content (AvgIpc) is 3.51. The van der Waals surface area contributed by atoms with Gasteiger partial charge >= 0.3 is 5.97 Å². The molecule has 5 rings (SSSR count). The van der Waals surface area contributed by atoms with Crippen molar-refractivity contribution in [2.45, 2.75) is 45.4 Å². The molecule has 2 heterocycles. The maximum absolute atomic E-state index is 11.1. The SMILES string of the molecule is CCN(CCCOc1ccc2c(c1)CC[C@H]2CC(=O)O)c1nc(-c2ccc3c(c2)OCO3)ncc1C. The van der Waals surface area contributed by atoms with E-state index < -0.39 is 5.97 Å². The topological polar surface area (TPSA) is 94.0 Å². The summed E-state index contributed by atoms with van der Waals surface area (Å²) in [7, 11) is 0. The van der Waals surface area contributed by atoms with E-state index in [0.29, 0.717) is 18.2 Å². The Morgan fingerprint density at radius 1 is 1.19 bits per heavy atom. The molecule has 0 saturated carbocycles. The number of aryl methyl sites for hydroxylation is 2. The minimum absolute atomic E-state index is 0.114. The van der Waals surface area contributed by atoms with Crippen molar-refractivity contribution in [2.75, 3.05) is 31.4 Å². The lowest BCUT2D eigenvalue weighted by Gasteiger charge is -2.24. The second-order valence-electron chi connectivity index (χ2n) is 9.24. The van der Waals surface area contributed by atoms with Crippen molar-refractivity contribution in [3.8, 4) is 28.6 Å². The van der Waals surface area contributed by atoms with Crippen LogP contribution in [-0.4, -0.2) is 47.5 Å². The van der Waals surface area contributed by atoms with Gasteiger partial charge in [-0.05, 0) is 80.5 Å². The lowest BCUT2D eigenvalue weighted by molar-refractivity contribution is -0.137. The fraction of sp³-hybridized carbons (Fsp3) is 0.393. The van der Waals surface area contributed by atoms with Crippen LogP contribution in [0.5, 0.6) is 17.2 Å². The molecule has 0 bridgehead atoms. The fourth-order valence-electron chi connectivity index (χ4n) is 4.98. The third kappa shape index (κ3) is 5.08. The molecule has 0 unspecified atom stereocenters. The highest BCUT2D eigenvalue weighted by Crippen LogP contribution is 2.37. The summed E-state index contributed by atoms with van der Waals surface area (Å²) >= 11 is 0. The number of ether oxygens (including phenoxy) is 3. The Hall–Kier alpha value is -3.81. The molecule has 188 valence electrons. The van der Waals surface area contributed by atoms with Gasteiger partial charge in [-0.2, -0.15) is 0 Å². The second-order valence-corrected chi connectivity index (χ2v) is 9.24. The standard InChI is InChI=1S/C28H31N3O5/c1-3-31(11-4-12-34-22-8-9-23-19(13-22)5-6-20(23)15-26(32)33)28-18(2)16-29-27(30-28)21-7-10-24-25(14-21)36-17-35-24/h7-10,13-14,16,20H,3-6,11-12,15,17H2,1-2H3,(H,32,33)/t20-/m0/s1. The first-order chi connectivity index (χ1) is 17.5. The summed E-state index contributed by atoms with van der Waals surface area (Å²) in [5.41, 5.74) is 4.28. The summed E-state index contributed by atoms with van der Waals surface area (Å²) in [5.74, 6) is 3.25. The minimum atomic E-state index is -0.740. The molecule has 1 aliphatic heterocycles. The molecule has 0 radical (unpaired) electrons. The van der Waals surface area contributed by atoms with Crippen molar-refractivity contribution in [3.63, 3.8) is 0 Å². The number of benzene rings is 2. The summed E-state index contributed by atoms with van der Waals surface area (Å²) in [4.78, 5) is 22.8. The number of aliphatic carboxylic acids is 1. The highest BCUT2D eigenvalue weighted by atomic mass is 16.7. The Labute approximate surface area is 210 Å². The van der Waals surface area contributed by atoms with E-state index >= 15 is 0 Å². The molecule has 1 N–H and O–H groups in total. The van der Waals surface area contributed by atoms with Crippen molar-refractivity contribution in [1.82, 2.24) is 9.97 Å². The summed E-state index contributed by atoms with van der Waals surface area (Å²) in [6, 6.07) is 11.8. The zero-order valence-corrected chi connectivity index (χ0v) is 20.7. The molecule has 3 aromatic rings. The van der Waals surface area contributed by atoms with Gasteiger partial charge in [0, 0.05) is 30.4 Å². The van der Waals surface area contributed by atoms with Crippen LogP contribution in [0.1, 0.15) is 48.8 Å². The smallest absolute Gasteiger partial charge is 0.303 e. The van der Waals surface area contributed by atoms with Gasteiger partial charge in [0.05, 0.1) is 13.0 Å². The number of hydrogen-bond donors (Lipinski definition) is 1. The van der Waals surface area contributed by atoms with Gasteiger partial charge in [-0.25, -0.2) is 9.97 Å². The minimum Gasteiger partial charge on any atom is -0.494 e. The first-order valence-electron chi connectivity index (χ1n) is 12.5. The molecule has 0 fully saturated rings. The molecule has 2 aliphatic rings. The number of anilines is 1. The Balaban J connectivity index is 1.20. The van der Waals surface area contributed by atoms with E-state index in [0.717, 1.165) is 66.4 Å². The molecular formula is C28H31N3O5. The molecule has 1 aliphatic carbocycles. The molecule has 0 amide bonds. The molecular weight excluding hydrogens is 458 g/mol. The number of fused-ring (bicyclic) bond motifs is 2. The third-order valence-electron chi connectivity index (χ3n) is 6.84. The first kappa shape index (κ1) is 23.9. The Kier molecular flexibility index (Phi) is 6.93. The van der Waals surface area contributed by atoms with Gasteiger partial charge in [0.15, 0.2) is 17.3 Å². The Bertz CT molecular complexity index is 1260. The van der Waals surface area contributed by atoms with E-state index in [9.17, 15) is 4.79 Å². The number of rotatable bonds is 10. The molecule has 1 atom stereocenters. The summed E-state index contributed by atoms with van der Waals surface area (Å²) < 4.78 is 17.0. The van der Waals surface area contributed by atoms with Crippen molar-refractivity contribution in [2.24, 2.45) is 0 Å². The molecule has 1 aromatic heterocycles. The largest absolute Gasteiger partial charge is 0.494 e. The monoisotopic (exact) mass is 489 g/mol. The lowest BCUT2D eigenvalue weighted by Crippen LogP contribution is -2.27. The summed E-state index contributed by atoms with van der Waals surface area (Å²) in [6.45, 7) is 6.60. The molecule has 8 nitrogen and oxygen atoms in total. The van der Waals surface area contributed by atoms with Gasteiger partial charge < -0.3 is 24.2 Å². The predicted molar refractivity (Wildman–Crippen MR) is 136 cm³/mol. The van der Waals surface area contributed by atoms with Gasteiger partial charge in [-0.3, -0.25) is 4.79 Å². The van der Waals surface area contributed by atoms with E-state index in [1.165, 1.54) is 5.56 Å². The van der Waals surface area contributed by atoms with Crippen LogP contribution in [0.4, 0.5) is 5.82 Å². The van der Waals surface area contributed by atoms with Crippen LogP contribution in [0.15, 0.2) is 42.6 Å². The predicted octanol–water partition coefficient (Wildman–Crippen LogP) is 4.98. The van der Waals surface area contributed by atoms with E-state index in [-0.39, 0.29) is 19.1 Å². The molecule has 36 heavy (non-hydrogen) atoms. The van der Waals surface area contributed by atoms with E-state index in [4.69, 9.17) is 24.3 Å². The van der Waals surface area contributed by atoms with Crippen molar-refractivity contribution in [3.05, 3.63) is 59.3 Å². The zero-order valence-electron chi connectivity index (χ0n) is 20.7. The van der Waals surface area contributed by atoms with Crippen LogP contribution < -0.4 is 19.1 Å². The van der Waals surface area contributed by atoms with Crippen molar-refractivity contribution >= 4 is 11.8 Å². The quantitative estimate of drug-likeness (QED) is 0.399. The zero-order chi connectivity index (χ0) is 25.1. The van der Waals surface area contributed by atoms with Crippen LogP contribution in [0.25, 0.3) is 11.4 Å². The van der Waals surface area contributed by atoms with E-state index in [2.05, 4.69) is 22.9 Å². The van der Waals surface area contributed by atoms with Gasteiger partial charge in [-0.1, -0.05) is 6.07 Å². The number of nitrogens with zero attached hydrogens (tertiary/aromatic N) is 3. The molecule has 0 saturated heterocycles. The molecule has 8 heteroatoms. The maximum atomic E-state index is 11.1. The normalized spacial score (nSPS) is 15.6. The van der Waals surface area contributed by atoms with Gasteiger partial charge in [0.1, 0.15) is 11.6 Å². The van der Waals surface area contributed by atoms with E-state index in [1.807, 2.05) is 43.5 Å². The van der Waals surface area contributed by atoms with Crippen molar-refractivity contribution in [1.29, 1.82) is 0 Å². The van der Waals surface area contributed by atoms with Crippen LogP contribution in [-0.2, 0) is 11.2 Å². The molecule has 0 spiro atoms. The van der Waals surface area contributed by atoms with Gasteiger partial charge in [0.2, 0.25) is 6.79 Å². The molecule has 2 aromatic carbocycles. The third-order valence-corrected chi connectivity index (χ3v) is 6.84. The Morgan fingerprint density at radius 3 is 2.89 bits per heavy atom. The van der Waals surface area contributed by atoms with Crippen molar-refractivity contribution < 1.29 is 24.1 Å². The van der Waals surface area contributed by atoms with Gasteiger partial charge in [0.25, 0.3) is 0 Å². The van der Waals surface area contributed by atoms with Gasteiger partial charge in [-0.15, -0.1) is 0 Å². The number of carboxylic acid groups (broad SMARTS) is 1. The second kappa shape index (κ2) is 10.4.